The zero-order valence-corrected chi connectivity index (χ0v) is 15.3. The van der Waals surface area contributed by atoms with Gasteiger partial charge in [0.25, 0.3) is 0 Å². The van der Waals surface area contributed by atoms with Crippen molar-refractivity contribution in [3.63, 3.8) is 0 Å². The lowest BCUT2D eigenvalue weighted by Gasteiger charge is -2.31. The largest absolute Gasteiger partial charge is 0.760 e. The molecular weight excluding hydrogens is 344 g/mol. The van der Waals surface area contributed by atoms with Crippen molar-refractivity contribution < 1.29 is 23.4 Å². The molecule has 0 bridgehead atoms. The van der Waals surface area contributed by atoms with Crippen LogP contribution in [0.3, 0.4) is 0 Å². The number of carbonyl (C=O) groups is 1. The Balaban J connectivity index is 2.81. The van der Waals surface area contributed by atoms with Gasteiger partial charge in [-0.3, -0.25) is 9.00 Å². The maximum absolute atomic E-state index is 11.8. The van der Waals surface area contributed by atoms with E-state index < -0.39 is 22.8 Å². The summed E-state index contributed by atoms with van der Waals surface area (Å²) >= 11 is -2.66. The lowest BCUT2D eigenvalue weighted by Crippen LogP contribution is -2.54. The molecule has 1 unspecified atom stereocenters. The van der Waals surface area contributed by atoms with E-state index in [9.17, 15) is 18.7 Å². The number of carboxylic acids is 1. The van der Waals surface area contributed by atoms with Gasteiger partial charge in [0.1, 0.15) is 11.3 Å². The van der Waals surface area contributed by atoms with Crippen LogP contribution in [0.5, 0.6) is 5.75 Å². The summed E-state index contributed by atoms with van der Waals surface area (Å²) < 4.78 is 30.0. The van der Waals surface area contributed by atoms with Crippen molar-refractivity contribution in [2.24, 2.45) is 5.73 Å². The molecule has 7 nitrogen and oxygen atoms in total. The monoisotopic (exact) mass is 371 g/mol. The number of unbranched alkanes of at least 4 members (excludes halogenated alkanes) is 2. The predicted molar refractivity (Wildman–Crippen MR) is 95.9 cm³/mol. The molecule has 1 aromatic rings. The zero-order valence-electron chi connectivity index (χ0n) is 14.5. The highest BCUT2D eigenvalue weighted by molar-refractivity contribution is 7.77. The maximum atomic E-state index is 11.8. The first-order valence-corrected chi connectivity index (χ1v) is 9.53. The van der Waals surface area contributed by atoms with E-state index >= 15 is 0 Å². The average molecular weight is 371 g/mol. The summed E-state index contributed by atoms with van der Waals surface area (Å²) in [6, 6.07) is 7.05. The Kier molecular flexibility index (Phi) is 9.66. The Morgan fingerprint density at radius 1 is 1.32 bits per heavy atom. The van der Waals surface area contributed by atoms with Gasteiger partial charge in [0.05, 0.1) is 6.61 Å². The van der Waals surface area contributed by atoms with E-state index in [1.807, 2.05) is 6.92 Å². The fourth-order valence-corrected chi connectivity index (χ4v) is 3.11. The summed E-state index contributed by atoms with van der Waals surface area (Å²) in [5.41, 5.74) is 4.62. The van der Waals surface area contributed by atoms with Crippen molar-refractivity contribution in [2.45, 2.75) is 51.0 Å². The highest BCUT2D eigenvalue weighted by Gasteiger charge is 2.38. The molecule has 142 valence electrons. The summed E-state index contributed by atoms with van der Waals surface area (Å²) in [7, 11) is 0. The Morgan fingerprint density at radius 2 is 2.00 bits per heavy atom. The quantitative estimate of drug-likeness (QED) is 0.358. The van der Waals surface area contributed by atoms with E-state index in [1.54, 1.807) is 24.3 Å². The van der Waals surface area contributed by atoms with Crippen LogP contribution in [0.2, 0.25) is 0 Å². The van der Waals surface area contributed by atoms with Gasteiger partial charge in [-0.1, -0.05) is 31.9 Å². The fourth-order valence-electron chi connectivity index (χ4n) is 2.53. The van der Waals surface area contributed by atoms with Crippen LogP contribution in [0.15, 0.2) is 24.3 Å². The third-order valence-electron chi connectivity index (χ3n) is 3.94. The molecule has 4 N–H and O–H groups in total. The summed E-state index contributed by atoms with van der Waals surface area (Å²) in [4.78, 5) is 11.8. The van der Waals surface area contributed by atoms with E-state index in [0.717, 1.165) is 24.8 Å². The van der Waals surface area contributed by atoms with Gasteiger partial charge in [0.15, 0.2) is 0 Å². The van der Waals surface area contributed by atoms with Crippen LogP contribution in [0.1, 0.15) is 44.6 Å². The molecule has 0 aliphatic heterocycles. The minimum absolute atomic E-state index is 0.0732. The van der Waals surface area contributed by atoms with Gasteiger partial charge in [-0.2, -0.15) is 0 Å². The average Bonchev–Trinajstić information content (AvgIpc) is 2.57. The van der Waals surface area contributed by atoms with E-state index in [2.05, 4.69) is 4.72 Å². The second kappa shape index (κ2) is 11.2. The maximum Gasteiger partial charge on any atom is 0.325 e. The van der Waals surface area contributed by atoms with Crippen LogP contribution in [0.4, 0.5) is 0 Å². The molecule has 0 heterocycles. The van der Waals surface area contributed by atoms with E-state index in [-0.39, 0.29) is 12.8 Å². The first-order valence-electron chi connectivity index (χ1n) is 8.46. The minimum atomic E-state index is -2.66. The number of nitrogens with two attached hydrogens (primary N) is 1. The minimum Gasteiger partial charge on any atom is -0.760 e. The number of hydrogen-bond acceptors (Lipinski definition) is 5. The summed E-state index contributed by atoms with van der Waals surface area (Å²) in [6.07, 6.45) is 3.45. The molecule has 2 atom stereocenters. The molecule has 0 saturated carbocycles. The highest BCUT2D eigenvalue weighted by Crippen LogP contribution is 2.23. The normalized spacial score (nSPS) is 14.7. The molecule has 0 aliphatic carbocycles. The molecule has 0 saturated heterocycles. The van der Waals surface area contributed by atoms with Gasteiger partial charge >= 0.3 is 5.97 Å². The van der Waals surface area contributed by atoms with Crippen molar-refractivity contribution in [1.29, 1.82) is 0 Å². The first-order chi connectivity index (χ1) is 11.9. The standard InChI is InChI=1S/C17H28N2O5S/c1-2-3-10-17(16(20)21,19-25(22)23)13-14-6-8-15(9-7-14)24-12-5-4-11-18/h6-9,19H,2-5,10-13,18H2,1H3,(H,20,21)(H,22,23)/p-1/t17-/m0/s1. The summed E-state index contributed by atoms with van der Waals surface area (Å²) in [5, 5.41) is 9.61. The molecule has 0 aliphatic rings. The molecule has 0 fully saturated rings. The molecule has 0 amide bonds. The Morgan fingerprint density at radius 3 is 2.52 bits per heavy atom. The molecule has 1 aromatic carbocycles. The Bertz CT molecular complexity index is 552. The van der Waals surface area contributed by atoms with E-state index in [0.29, 0.717) is 25.3 Å². The van der Waals surface area contributed by atoms with E-state index in [1.165, 1.54) is 0 Å². The number of benzene rings is 1. The molecule has 25 heavy (non-hydrogen) atoms. The number of hydrogen-bond donors (Lipinski definition) is 3. The first kappa shape index (κ1) is 21.6. The van der Waals surface area contributed by atoms with Crippen LogP contribution < -0.4 is 15.2 Å². The number of aliphatic carboxylic acids is 1. The van der Waals surface area contributed by atoms with Crippen molar-refractivity contribution in [1.82, 2.24) is 4.72 Å². The summed E-state index contributed by atoms with van der Waals surface area (Å²) in [5.74, 6) is -0.483. The zero-order chi connectivity index (χ0) is 18.7. The number of rotatable bonds is 13. The SMILES string of the molecule is CCCC[C@@](Cc1ccc(OCCCCN)cc1)(NS(=O)[O-])C(=O)O. The number of carboxylic acid groups (broad SMARTS) is 1. The van der Waals surface area contributed by atoms with Gasteiger partial charge in [-0.05, 0) is 43.5 Å². The van der Waals surface area contributed by atoms with E-state index in [4.69, 9.17) is 10.5 Å². The van der Waals surface area contributed by atoms with Crippen LogP contribution in [-0.4, -0.2) is 38.5 Å². The van der Waals surface area contributed by atoms with Crippen molar-refractivity contribution in [2.75, 3.05) is 13.2 Å². The molecular formula is C17H27N2O5S-. The van der Waals surface area contributed by atoms with Crippen LogP contribution in [-0.2, 0) is 22.5 Å². The van der Waals surface area contributed by atoms with Crippen LogP contribution in [0.25, 0.3) is 0 Å². The van der Waals surface area contributed by atoms with Gasteiger partial charge in [0.2, 0.25) is 0 Å². The molecule has 0 spiro atoms. The Hall–Kier alpha value is -1.48. The second-order valence-corrected chi connectivity index (χ2v) is 6.67. The van der Waals surface area contributed by atoms with Gasteiger partial charge in [0, 0.05) is 17.7 Å². The van der Waals surface area contributed by atoms with Gasteiger partial charge in [-0.25, -0.2) is 4.72 Å². The number of nitrogens with one attached hydrogen (secondary N) is 1. The lowest BCUT2D eigenvalue weighted by atomic mass is 9.87. The predicted octanol–water partition coefficient (Wildman–Crippen LogP) is 1.74. The van der Waals surface area contributed by atoms with Gasteiger partial charge in [-0.15, -0.1) is 0 Å². The molecule has 0 radical (unpaired) electrons. The molecule has 0 aromatic heterocycles. The summed E-state index contributed by atoms with van der Waals surface area (Å²) in [6.45, 7) is 3.13. The van der Waals surface area contributed by atoms with Gasteiger partial charge < -0.3 is 20.1 Å². The second-order valence-electron chi connectivity index (χ2n) is 5.99. The fraction of sp³-hybridized carbons (Fsp3) is 0.588. The van der Waals surface area contributed by atoms with Crippen LogP contribution >= 0.6 is 0 Å². The molecule has 1 rings (SSSR count). The highest BCUT2D eigenvalue weighted by atomic mass is 32.2. The third kappa shape index (κ3) is 7.52. The van der Waals surface area contributed by atoms with Crippen molar-refractivity contribution in [3.8, 4) is 5.75 Å². The van der Waals surface area contributed by atoms with Crippen molar-refractivity contribution >= 4 is 17.2 Å². The van der Waals surface area contributed by atoms with Crippen molar-refractivity contribution in [3.05, 3.63) is 29.8 Å². The van der Waals surface area contributed by atoms with Crippen LogP contribution in [0, 0.1) is 0 Å². The topological polar surface area (TPSA) is 125 Å². The number of ether oxygens (including phenoxy) is 1. The lowest BCUT2D eigenvalue weighted by molar-refractivity contribution is -0.144. The smallest absolute Gasteiger partial charge is 0.325 e. The third-order valence-corrected chi connectivity index (χ3v) is 4.50. The molecule has 8 heteroatoms. The Labute approximate surface area is 151 Å².